The Kier molecular flexibility index (Phi) is 4.93. The summed E-state index contributed by atoms with van der Waals surface area (Å²) in [4.78, 5) is 1.12. The van der Waals surface area contributed by atoms with Gasteiger partial charge in [-0.2, -0.15) is 9.61 Å². The predicted octanol–water partition coefficient (Wildman–Crippen LogP) is 4.97. The van der Waals surface area contributed by atoms with Crippen LogP contribution in [0.3, 0.4) is 0 Å². The second-order valence-electron chi connectivity index (χ2n) is 6.63. The zero-order chi connectivity index (χ0) is 21.4. The number of nitrogens with zero attached hydrogens (tertiary/aromatic N) is 4. The predicted molar refractivity (Wildman–Crippen MR) is 122 cm³/mol. The molecule has 0 spiro atoms. The van der Waals surface area contributed by atoms with E-state index in [9.17, 15) is 8.42 Å². The zero-order valence-corrected chi connectivity index (χ0v) is 18.2. The minimum Gasteiger partial charge on any atom is -0.280 e. The number of nitrogens with one attached hydrogen (secondary N) is 1. The molecule has 0 bridgehead atoms. The van der Waals surface area contributed by atoms with Crippen LogP contribution in [0.1, 0.15) is 0 Å². The highest BCUT2D eigenvalue weighted by molar-refractivity contribution is 7.92. The summed E-state index contributed by atoms with van der Waals surface area (Å²) in [5.74, 6) is 0.680. The average molecular weight is 468 g/mol. The molecule has 10 heteroatoms. The molecule has 0 saturated carbocycles. The van der Waals surface area contributed by atoms with Crippen molar-refractivity contribution in [2.75, 3.05) is 4.72 Å². The smallest absolute Gasteiger partial charge is 0.261 e. The van der Waals surface area contributed by atoms with Crippen molar-refractivity contribution in [2.45, 2.75) is 4.90 Å². The Morgan fingerprint density at radius 3 is 2.39 bits per heavy atom. The first-order chi connectivity index (χ1) is 15.0. The van der Waals surface area contributed by atoms with E-state index in [1.807, 2.05) is 41.8 Å². The maximum Gasteiger partial charge on any atom is 0.261 e. The zero-order valence-electron chi connectivity index (χ0n) is 15.8. The van der Waals surface area contributed by atoms with Crippen LogP contribution in [0.2, 0.25) is 5.02 Å². The first-order valence-electron chi connectivity index (χ1n) is 9.15. The Balaban J connectivity index is 1.43. The summed E-state index contributed by atoms with van der Waals surface area (Å²) in [6.07, 6.45) is 0. The number of fused-ring (bicyclic) bond motifs is 1. The normalized spacial score (nSPS) is 11.6. The number of benzene rings is 2. The van der Waals surface area contributed by atoms with Gasteiger partial charge in [0.05, 0.1) is 15.5 Å². The molecular weight excluding hydrogens is 454 g/mol. The van der Waals surface area contributed by atoms with Crippen molar-refractivity contribution < 1.29 is 8.42 Å². The van der Waals surface area contributed by atoms with Gasteiger partial charge < -0.3 is 0 Å². The number of thiophene rings is 1. The molecule has 3 heterocycles. The molecule has 0 aliphatic carbocycles. The number of hydrogen-bond donors (Lipinski definition) is 1. The van der Waals surface area contributed by atoms with Gasteiger partial charge in [0.1, 0.15) is 0 Å². The monoisotopic (exact) mass is 467 g/mol. The van der Waals surface area contributed by atoms with Crippen molar-refractivity contribution in [3.63, 3.8) is 0 Å². The van der Waals surface area contributed by atoms with Gasteiger partial charge in [0.15, 0.2) is 11.5 Å². The third-order valence-corrected chi connectivity index (χ3v) is 7.08. The van der Waals surface area contributed by atoms with Gasteiger partial charge in [0.2, 0.25) is 0 Å². The van der Waals surface area contributed by atoms with Crippen molar-refractivity contribution >= 4 is 44.3 Å². The molecule has 0 fully saturated rings. The van der Waals surface area contributed by atoms with Crippen LogP contribution in [-0.4, -0.2) is 28.2 Å². The lowest BCUT2D eigenvalue weighted by molar-refractivity contribution is 0.601. The summed E-state index contributed by atoms with van der Waals surface area (Å²) in [5.41, 5.74) is 2.65. The van der Waals surface area contributed by atoms with E-state index >= 15 is 0 Å². The molecule has 0 saturated heterocycles. The highest BCUT2D eigenvalue weighted by atomic mass is 35.5. The molecule has 1 N–H and O–H groups in total. The van der Waals surface area contributed by atoms with E-state index < -0.39 is 10.0 Å². The summed E-state index contributed by atoms with van der Waals surface area (Å²) >= 11 is 7.40. The number of sulfonamides is 1. The number of anilines is 1. The lowest BCUT2D eigenvalue weighted by Crippen LogP contribution is -2.12. The minimum atomic E-state index is -3.70. The maximum absolute atomic E-state index is 12.6. The standard InChI is InChI=1S/C21H14ClN5O2S2/c22-15-5-9-17(10-6-15)31(28,29)26-16-7-3-14(4-8-16)18-11-12-20-23-24-21(27(20)25-18)19-2-1-13-30-19/h1-13,26H. The van der Waals surface area contributed by atoms with E-state index in [-0.39, 0.29) is 4.90 Å². The van der Waals surface area contributed by atoms with Gasteiger partial charge in [-0.3, -0.25) is 4.72 Å². The van der Waals surface area contributed by atoms with Crippen LogP contribution < -0.4 is 4.72 Å². The van der Waals surface area contributed by atoms with Crippen LogP contribution in [-0.2, 0) is 10.0 Å². The fraction of sp³-hybridized carbons (Fsp3) is 0. The molecule has 0 radical (unpaired) electrons. The van der Waals surface area contributed by atoms with Gasteiger partial charge in [0.25, 0.3) is 10.0 Å². The van der Waals surface area contributed by atoms with Crippen molar-refractivity contribution in [1.82, 2.24) is 19.8 Å². The average Bonchev–Trinajstić information content (AvgIpc) is 3.43. The largest absolute Gasteiger partial charge is 0.280 e. The SMILES string of the molecule is O=S(=O)(Nc1ccc(-c2ccc3nnc(-c4cccs4)n3n2)cc1)c1ccc(Cl)cc1. The molecular formula is C21H14ClN5O2S2. The third kappa shape index (κ3) is 3.90. The number of hydrogen-bond acceptors (Lipinski definition) is 6. The molecule has 5 rings (SSSR count). The third-order valence-electron chi connectivity index (χ3n) is 4.56. The molecule has 0 amide bonds. The van der Waals surface area contributed by atoms with Crippen molar-refractivity contribution in [2.24, 2.45) is 0 Å². The fourth-order valence-electron chi connectivity index (χ4n) is 3.04. The van der Waals surface area contributed by atoms with Crippen molar-refractivity contribution in [1.29, 1.82) is 0 Å². The first kappa shape index (κ1) is 19.7. The van der Waals surface area contributed by atoms with Gasteiger partial charge in [-0.15, -0.1) is 21.5 Å². The van der Waals surface area contributed by atoms with Crippen LogP contribution in [0.5, 0.6) is 0 Å². The van der Waals surface area contributed by atoms with Crippen molar-refractivity contribution in [3.05, 3.63) is 83.2 Å². The Hall–Kier alpha value is -3.27. The molecule has 5 aromatic rings. The van der Waals surface area contributed by atoms with E-state index in [1.54, 1.807) is 28.0 Å². The quantitative estimate of drug-likeness (QED) is 0.394. The highest BCUT2D eigenvalue weighted by Crippen LogP contribution is 2.26. The van der Waals surface area contributed by atoms with Crippen LogP contribution >= 0.6 is 22.9 Å². The van der Waals surface area contributed by atoms with E-state index in [0.717, 1.165) is 16.1 Å². The van der Waals surface area contributed by atoms with Crippen LogP contribution in [0.25, 0.3) is 27.6 Å². The molecule has 3 aromatic heterocycles. The molecule has 2 aromatic carbocycles. The summed E-state index contributed by atoms with van der Waals surface area (Å²) in [7, 11) is -3.70. The molecule has 0 aliphatic heterocycles. The van der Waals surface area contributed by atoms with Gasteiger partial charge >= 0.3 is 0 Å². The van der Waals surface area contributed by atoms with Crippen molar-refractivity contribution in [3.8, 4) is 22.0 Å². The van der Waals surface area contributed by atoms with Gasteiger partial charge in [0, 0.05) is 16.3 Å². The molecule has 154 valence electrons. The number of rotatable bonds is 5. The fourth-order valence-corrected chi connectivity index (χ4v) is 4.92. The molecule has 31 heavy (non-hydrogen) atoms. The van der Waals surface area contributed by atoms with Gasteiger partial charge in [-0.05, 0) is 60.0 Å². The van der Waals surface area contributed by atoms with Crippen LogP contribution in [0.15, 0.2) is 83.1 Å². The van der Waals surface area contributed by atoms with Gasteiger partial charge in [-0.1, -0.05) is 29.8 Å². The molecule has 0 atom stereocenters. The summed E-state index contributed by atoms with van der Waals surface area (Å²) in [5, 5.41) is 15.5. The summed E-state index contributed by atoms with van der Waals surface area (Å²) in [6.45, 7) is 0. The second-order valence-corrected chi connectivity index (χ2v) is 9.69. The Morgan fingerprint density at radius 2 is 1.68 bits per heavy atom. The molecule has 7 nitrogen and oxygen atoms in total. The highest BCUT2D eigenvalue weighted by Gasteiger charge is 2.15. The van der Waals surface area contributed by atoms with E-state index in [4.69, 9.17) is 11.6 Å². The van der Waals surface area contributed by atoms with E-state index in [2.05, 4.69) is 20.0 Å². The number of aromatic nitrogens is 4. The van der Waals surface area contributed by atoms with E-state index in [0.29, 0.717) is 22.2 Å². The Labute approximate surface area is 187 Å². The Morgan fingerprint density at radius 1 is 0.903 bits per heavy atom. The van der Waals surface area contributed by atoms with Gasteiger partial charge in [-0.25, -0.2) is 8.42 Å². The molecule has 0 aliphatic rings. The first-order valence-corrected chi connectivity index (χ1v) is 11.9. The summed E-state index contributed by atoms with van der Waals surface area (Å²) in [6, 6.07) is 20.6. The Bertz CT molecular complexity index is 1460. The summed E-state index contributed by atoms with van der Waals surface area (Å²) < 4.78 is 29.4. The second kappa shape index (κ2) is 7.77. The van der Waals surface area contributed by atoms with Crippen LogP contribution in [0.4, 0.5) is 5.69 Å². The molecule has 0 unspecified atom stereocenters. The lowest BCUT2D eigenvalue weighted by atomic mass is 10.1. The lowest BCUT2D eigenvalue weighted by Gasteiger charge is -2.09. The minimum absolute atomic E-state index is 0.141. The number of halogens is 1. The van der Waals surface area contributed by atoms with Crippen LogP contribution in [0, 0.1) is 0 Å². The maximum atomic E-state index is 12.6. The topological polar surface area (TPSA) is 89.2 Å². The van der Waals surface area contributed by atoms with E-state index in [1.165, 1.54) is 24.3 Å².